The van der Waals surface area contributed by atoms with Gasteiger partial charge in [0.05, 0.1) is 12.0 Å². The summed E-state index contributed by atoms with van der Waals surface area (Å²) < 4.78 is 40.9. The highest BCUT2D eigenvalue weighted by Crippen LogP contribution is 2.30. The predicted molar refractivity (Wildman–Crippen MR) is 75.1 cm³/mol. The van der Waals surface area contributed by atoms with E-state index in [2.05, 4.69) is 20.7 Å². The van der Waals surface area contributed by atoms with Gasteiger partial charge < -0.3 is 4.74 Å². The molecule has 0 radical (unpaired) electrons. The van der Waals surface area contributed by atoms with E-state index in [9.17, 15) is 27.6 Å². The van der Waals surface area contributed by atoms with E-state index in [1.54, 1.807) is 0 Å². The zero-order chi connectivity index (χ0) is 18.9. The van der Waals surface area contributed by atoms with Crippen LogP contribution in [-0.4, -0.2) is 29.9 Å². The number of benzene rings is 1. The summed E-state index contributed by atoms with van der Waals surface area (Å²) in [5, 5.41) is 0. The van der Waals surface area contributed by atoms with Crippen LogP contribution >= 0.6 is 15.9 Å². The molecule has 1 aromatic rings. The predicted octanol–water partition coefficient (Wildman–Crippen LogP) is 2.89. The van der Waals surface area contributed by atoms with Crippen LogP contribution in [0.3, 0.4) is 0 Å². The summed E-state index contributed by atoms with van der Waals surface area (Å²) in [4.78, 5) is 50.6. The lowest BCUT2D eigenvalue weighted by atomic mass is 10.0. The third kappa shape index (κ3) is 7.80. The van der Waals surface area contributed by atoms with Crippen molar-refractivity contribution in [3.8, 4) is 5.75 Å². The van der Waals surface area contributed by atoms with Gasteiger partial charge in [-0.2, -0.15) is 9.59 Å². The van der Waals surface area contributed by atoms with Crippen molar-refractivity contribution in [3.63, 3.8) is 0 Å². The molecule has 0 N–H and O–H groups in total. The number of hydrogen-bond acceptors (Lipinski definition) is 6. The van der Waals surface area contributed by atoms with Gasteiger partial charge in [0.25, 0.3) is 0 Å². The van der Waals surface area contributed by atoms with Crippen LogP contribution in [0.5, 0.6) is 5.75 Å². The molecule has 1 rings (SSSR count). The largest absolute Gasteiger partial charge is 0.573 e. The number of Topliss-reactive ketones (excluding diaryl/α,β-unsaturated/α-hetero) is 3. The fraction of sp³-hybridized carbons (Fsp3) is 0.286. The minimum atomic E-state index is -4.97. The van der Waals surface area contributed by atoms with Gasteiger partial charge in [0, 0.05) is 10.9 Å². The van der Waals surface area contributed by atoms with Crippen LogP contribution in [0.1, 0.15) is 30.1 Å². The Labute approximate surface area is 142 Å². The monoisotopic (exact) mass is 410 g/mol. The normalized spacial score (nSPS) is 10.0. The standard InChI is InChI=1S/C13H10BrF3O4.CO2/c1-2-9(18)11(20)6-10(19)8-4-3-7(14)5-12(8)21-13(15,16)17;2-1-3/h3-5H,2,6H2,1H3;. The molecule has 24 heavy (non-hydrogen) atoms. The number of rotatable bonds is 6. The quantitative estimate of drug-likeness (QED) is 0.406. The first-order valence-electron chi connectivity index (χ1n) is 6.19. The van der Waals surface area contributed by atoms with Crippen molar-refractivity contribution < 1.29 is 41.9 Å². The van der Waals surface area contributed by atoms with Gasteiger partial charge in [0.1, 0.15) is 5.75 Å². The average Bonchev–Trinajstić information content (AvgIpc) is 2.45. The first-order chi connectivity index (χ1) is 11.1. The first-order valence-corrected chi connectivity index (χ1v) is 6.98. The van der Waals surface area contributed by atoms with Crippen LogP contribution < -0.4 is 4.74 Å². The number of carbonyl (C=O) groups is 3. The van der Waals surface area contributed by atoms with E-state index in [1.165, 1.54) is 13.0 Å². The van der Waals surface area contributed by atoms with E-state index in [1.807, 2.05) is 0 Å². The summed E-state index contributed by atoms with van der Waals surface area (Å²) in [6.07, 6.45) is -5.58. The highest BCUT2D eigenvalue weighted by Gasteiger charge is 2.33. The Morgan fingerprint density at radius 3 is 2.17 bits per heavy atom. The summed E-state index contributed by atoms with van der Waals surface area (Å²) in [6.45, 7) is 1.45. The number of alkyl halides is 3. The fourth-order valence-corrected chi connectivity index (χ4v) is 1.81. The summed E-state index contributed by atoms with van der Waals surface area (Å²) in [7, 11) is 0. The molecule has 1 aromatic carbocycles. The lowest BCUT2D eigenvalue weighted by molar-refractivity contribution is -0.274. The second-order valence-electron chi connectivity index (χ2n) is 4.07. The fourth-order valence-electron chi connectivity index (χ4n) is 1.47. The molecule has 10 heteroatoms. The minimum absolute atomic E-state index is 0.0711. The van der Waals surface area contributed by atoms with Crippen LogP contribution in [0.4, 0.5) is 13.2 Å². The molecule has 0 saturated carbocycles. The number of ether oxygens (including phenoxy) is 1. The maximum absolute atomic E-state index is 12.3. The topological polar surface area (TPSA) is 94.6 Å². The van der Waals surface area contributed by atoms with Gasteiger partial charge in [-0.05, 0) is 18.2 Å². The molecule has 0 saturated heterocycles. The van der Waals surface area contributed by atoms with Crippen molar-refractivity contribution in [3.05, 3.63) is 28.2 Å². The number of ketones is 3. The van der Waals surface area contributed by atoms with Crippen molar-refractivity contribution in [1.29, 1.82) is 0 Å². The van der Waals surface area contributed by atoms with E-state index < -0.39 is 41.4 Å². The van der Waals surface area contributed by atoms with Gasteiger partial charge in [0.2, 0.25) is 5.78 Å². The molecule has 0 bridgehead atoms. The SMILES string of the molecule is CCC(=O)C(=O)CC(=O)c1ccc(Br)cc1OC(F)(F)F.O=C=O. The maximum atomic E-state index is 12.3. The molecule has 0 heterocycles. The summed E-state index contributed by atoms with van der Waals surface area (Å²) in [6, 6.07) is 3.40. The van der Waals surface area contributed by atoms with Crippen molar-refractivity contribution >= 4 is 39.4 Å². The van der Waals surface area contributed by atoms with Crippen LogP contribution in [0.15, 0.2) is 22.7 Å². The molecule has 0 atom stereocenters. The lowest BCUT2D eigenvalue weighted by Gasteiger charge is -2.12. The van der Waals surface area contributed by atoms with Crippen molar-refractivity contribution in [2.24, 2.45) is 0 Å². The van der Waals surface area contributed by atoms with E-state index in [-0.39, 0.29) is 17.0 Å². The Kier molecular flexibility index (Phi) is 8.80. The Morgan fingerprint density at radius 2 is 1.71 bits per heavy atom. The lowest BCUT2D eigenvalue weighted by Crippen LogP contribution is -2.21. The number of carbonyl (C=O) groups excluding carboxylic acids is 5. The summed E-state index contributed by atoms with van der Waals surface area (Å²) >= 11 is 2.96. The summed E-state index contributed by atoms with van der Waals surface area (Å²) in [5.41, 5.74) is -0.409. The Morgan fingerprint density at radius 1 is 1.17 bits per heavy atom. The molecule has 0 aliphatic carbocycles. The molecular weight excluding hydrogens is 401 g/mol. The molecule has 0 aromatic heterocycles. The Hall–Kier alpha value is -2.32. The van der Waals surface area contributed by atoms with E-state index in [0.717, 1.165) is 12.1 Å². The van der Waals surface area contributed by atoms with E-state index >= 15 is 0 Å². The third-order valence-electron chi connectivity index (χ3n) is 2.42. The van der Waals surface area contributed by atoms with Crippen molar-refractivity contribution in [1.82, 2.24) is 0 Å². The van der Waals surface area contributed by atoms with Crippen LogP contribution in [0, 0.1) is 0 Å². The molecule has 6 nitrogen and oxygen atoms in total. The van der Waals surface area contributed by atoms with Gasteiger partial charge >= 0.3 is 12.5 Å². The molecule has 130 valence electrons. The van der Waals surface area contributed by atoms with Crippen molar-refractivity contribution in [2.45, 2.75) is 26.1 Å². The van der Waals surface area contributed by atoms with Gasteiger partial charge in [-0.15, -0.1) is 13.2 Å². The zero-order valence-corrected chi connectivity index (χ0v) is 13.7. The molecule has 0 aliphatic heterocycles. The van der Waals surface area contributed by atoms with Gasteiger partial charge in [-0.3, -0.25) is 14.4 Å². The first kappa shape index (κ1) is 21.7. The smallest absolute Gasteiger partial charge is 0.405 e. The Bertz CT molecular complexity index is 663. The highest BCUT2D eigenvalue weighted by molar-refractivity contribution is 9.10. The molecule has 0 spiro atoms. The number of hydrogen-bond donors (Lipinski definition) is 0. The van der Waals surface area contributed by atoms with Crippen LogP contribution in [0.2, 0.25) is 0 Å². The summed E-state index contributed by atoms with van der Waals surface area (Å²) in [5.74, 6) is -3.32. The Balaban J connectivity index is 0.00000163. The molecular formula is C14H10BrF3O6. The van der Waals surface area contributed by atoms with E-state index in [4.69, 9.17) is 9.59 Å². The van der Waals surface area contributed by atoms with E-state index in [0.29, 0.717) is 0 Å². The zero-order valence-electron chi connectivity index (χ0n) is 12.1. The van der Waals surface area contributed by atoms with Gasteiger partial charge in [0.15, 0.2) is 11.6 Å². The highest BCUT2D eigenvalue weighted by atomic mass is 79.9. The average molecular weight is 411 g/mol. The van der Waals surface area contributed by atoms with Gasteiger partial charge in [-0.1, -0.05) is 22.9 Å². The van der Waals surface area contributed by atoms with Crippen LogP contribution in [-0.2, 0) is 19.2 Å². The second kappa shape index (κ2) is 9.74. The number of halogens is 4. The third-order valence-corrected chi connectivity index (χ3v) is 2.92. The maximum Gasteiger partial charge on any atom is 0.573 e. The molecule has 0 amide bonds. The van der Waals surface area contributed by atoms with Gasteiger partial charge in [-0.25, -0.2) is 0 Å². The molecule has 0 fully saturated rings. The van der Waals surface area contributed by atoms with Crippen LogP contribution in [0.25, 0.3) is 0 Å². The molecule has 0 aliphatic rings. The van der Waals surface area contributed by atoms with Crippen molar-refractivity contribution in [2.75, 3.05) is 0 Å². The second-order valence-corrected chi connectivity index (χ2v) is 4.99. The molecule has 0 unspecified atom stereocenters. The minimum Gasteiger partial charge on any atom is -0.405 e.